The Balaban J connectivity index is 0.00000336. The number of para-hydroxylation sites is 2. The van der Waals surface area contributed by atoms with Gasteiger partial charge in [0.05, 0.1) is 33.7 Å². The van der Waals surface area contributed by atoms with E-state index in [0.29, 0.717) is 0 Å². The van der Waals surface area contributed by atoms with Crippen LogP contribution in [0.15, 0.2) is 134 Å². The van der Waals surface area contributed by atoms with Gasteiger partial charge in [0.15, 0.2) is 0 Å². The molecule has 6 aromatic carbocycles. The van der Waals surface area contributed by atoms with E-state index in [1.54, 1.807) is 0 Å². The average molecular weight is 824 g/mol. The Kier molecular flexibility index (Phi) is 7.04. The zero-order valence-corrected chi connectivity index (χ0v) is 29.5. The van der Waals surface area contributed by atoms with Crippen LogP contribution in [0.5, 0.6) is 0 Å². The van der Waals surface area contributed by atoms with Gasteiger partial charge < -0.3 is 13.7 Å². The second-order valence-corrected chi connectivity index (χ2v) is 12.5. The Morgan fingerprint density at radius 3 is 2.12 bits per heavy atom. The summed E-state index contributed by atoms with van der Waals surface area (Å²) in [5.41, 5.74) is 10.9. The molecule has 10 aromatic rings. The molecule has 0 aliphatic carbocycles. The molecule has 0 bridgehead atoms. The fourth-order valence-electron chi connectivity index (χ4n) is 7.23. The topological polar surface area (TPSA) is 53.5 Å². The predicted molar refractivity (Wildman–Crippen MR) is 199 cm³/mol. The van der Waals surface area contributed by atoms with E-state index >= 15 is 0 Å². The molecule has 0 saturated heterocycles. The van der Waals surface area contributed by atoms with Crippen LogP contribution < -0.4 is 0 Å². The minimum Gasteiger partial charge on any atom is -0.367 e. The van der Waals surface area contributed by atoms with Gasteiger partial charge in [0.25, 0.3) is 0 Å². The van der Waals surface area contributed by atoms with Crippen LogP contribution >= 0.6 is 0 Å². The Morgan fingerprint density at radius 1 is 0.540 bits per heavy atom. The summed E-state index contributed by atoms with van der Waals surface area (Å²) in [6.07, 6.45) is 1.84. The molecule has 6 nitrogen and oxygen atoms in total. The molecule has 240 valence electrons. The number of pyridine rings is 1. The molecule has 0 N–H and O–H groups in total. The van der Waals surface area contributed by atoms with E-state index in [-0.39, 0.29) is 21.1 Å². The first-order valence-corrected chi connectivity index (χ1v) is 16.3. The zero-order valence-electron chi connectivity index (χ0n) is 27.2. The number of benzene rings is 6. The van der Waals surface area contributed by atoms with Crippen LogP contribution in [0.4, 0.5) is 0 Å². The number of aryl methyl sites for hydroxylation is 2. The summed E-state index contributed by atoms with van der Waals surface area (Å²) in [6, 6.07) is 51.8. The maximum Gasteiger partial charge on any atom is 2.00 e. The van der Waals surface area contributed by atoms with Crippen molar-refractivity contribution < 1.29 is 21.1 Å². The summed E-state index contributed by atoms with van der Waals surface area (Å²) in [5.74, 6) is 1.72. The van der Waals surface area contributed by atoms with E-state index in [1.807, 2.05) is 30.5 Å². The maximum absolute atomic E-state index is 5.17. The molecule has 0 saturated carbocycles. The van der Waals surface area contributed by atoms with Crippen molar-refractivity contribution in [1.29, 1.82) is 0 Å². The molecule has 10 rings (SSSR count). The first-order valence-electron chi connectivity index (χ1n) is 16.3. The Bertz CT molecular complexity index is 2930. The van der Waals surface area contributed by atoms with Crippen molar-refractivity contribution in [2.75, 3.05) is 0 Å². The molecule has 0 radical (unpaired) electrons. The van der Waals surface area contributed by atoms with Crippen molar-refractivity contribution in [3.8, 4) is 39.6 Å². The fraction of sp³-hybridized carbons (Fsp3) is 0.0465. The first-order chi connectivity index (χ1) is 24.1. The van der Waals surface area contributed by atoms with Gasteiger partial charge in [0.2, 0.25) is 0 Å². The van der Waals surface area contributed by atoms with Crippen LogP contribution in [0, 0.1) is 12.1 Å². The van der Waals surface area contributed by atoms with Gasteiger partial charge in [-0.25, -0.2) is 4.98 Å². The van der Waals surface area contributed by atoms with Gasteiger partial charge in [0, 0.05) is 20.3 Å². The molecule has 50 heavy (non-hydrogen) atoms. The largest absolute Gasteiger partial charge is 2.00 e. The molecule has 0 fully saturated rings. The van der Waals surface area contributed by atoms with Crippen molar-refractivity contribution >= 4 is 54.8 Å². The smallest absolute Gasteiger partial charge is 0.367 e. The number of fused-ring (bicyclic) bond motifs is 6. The summed E-state index contributed by atoms with van der Waals surface area (Å²) in [4.78, 5) is 14.9. The summed E-state index contributed by atoms with van der Waals surface area (Å²) >= 11 is 0. The molecule has 0 aliphatic heterocycles. The third-order valence-corrected chi connectivity index (χ3v) is 9.69. The normalized spacial score (nSPS) is 11.6. The number of hydrogen-bond acceptors (Lipinski definition) is 3. The first kappa shape index (κ1) is 30.2. The summed E-state index contributed by atoms with van der Waals surface area (Å²) in [5, 5.41) is 4.60. The Hall–Kier alpha value is -5.84. The number of aromatic nitrogens is 6. The van der Waals surface area contributed by atoms with Crippen LogP contribution in [0.3, 0.4) is 0 Å². The van der Waals surface area contributed by atoms with Crippen LogP contribution in [-0.4, -0.2) is 28.7 Å². The quantitative estimate of drug-likeness (QED) is 0.166. The second kappa shape index (κ2) is 11.6. The van der Waals surface area contributed by atoms with Gasteiger partial charge in [-0.3, -0.25) is 9.97 Å². The molecular weight excluding hydrogens is 796 g/mol. The summed E-state index contributed by atoms with van der Waals surface area (Å²) < 4.78 is 6.43. The van der Waals surface area contributed by atoms with E-state index in [2.05, 4.69) is 143 Å². The predicted octanol–water partition coefficient (Wildman–Crippen LogP) is 9.70. The molecule has 0 spiro atoms. The molecular formula is C43H28N6Pt. The van der Waals surface area contributed by atoms with Gasteiger partial charge in [-0.1, -0.05) is 66.0 Å². The monoisotopic (exact) mass is 823 g/mol. The number of hydrogen-bond donors (Lipinski definition) is 0. The molecule has 7 heteroatoms. The zero-order chi connectivity index (χ0) is 32.6. The van der Waals surface area contributed by atoms with E-state index in [9.17, 15) is 0 Å². The van der Waals surface area contributed by atoms with Crippen molar-refractivity contribution in [2.45, 2.75) is 0 Å². The third-order valence-electron chi connectivity index (χ3n) is 9.69. The minimum atomic E-state index is 0. The van der Waals surface area contributed by atoms with Gasteiger partial charge in [-0.15, -0.1) is 53.6 Å². The van der Waals surface area contributed by atoms with Gasteiger partial charge in [0.1, 0.15) is 5.65 Å². The Morgan fingerprint density at radius 2 is 1.26 bits per heavy atom. The number of nitrogens with zero attached hydrogens (tertiary/aromatic N) is 6. The fourth-order valence-corrected chi connectivity index (χ4v) is 7.23. The van der Waals surface area contributed by atoms with Crippen LogP contribution in [0.1, 0.15) is 0 Å². The van der Waals surface area contributed by atoms with E-state index in [4.69, 9.17) is 15.0 Å². The van der Waals surface area contributed by atoms with Crippen LogP contribution in [0.2, 0.25) is 0 Å². The summed E-state index contributed by atoms with van der Waals surface area (Å²) in [7, 11) is 4.12. The van der Waals surface area contributed by atoms with Gasteiger partial charge in [-0.2, -0.15) is 0 Å². The van der Waals surface area contributed by atoms with Crippen molar-refractivity contribution in [1.82, 2.24) is 28.7 Å². The second-order valence-electron chi connectivity index (χ2n) is 12.5. The molecule has 0 aliphatic rings. The van der Waals surface area contributed by atoms with Crippen molar-refractivity contribution in [3.05, 3.63) is 146 Å². The molecule has 4 heterocycles. The minimum absolute atomic E-state index is 0. The molecule has 0 unspecified atom stereocenters. The standard InChI is InChI=1S/C43H28N6.Pt/c1-47-38-15-6-5-14-36(38)45-41(47)31-11-7-12-33(24-31)49-40-26-32(18-20-34(40)35-13-8-22-44-43(35)49)42-46-37-25-30(19-21-39(37)48(42)2)29-17-16-27-9-3-4-10-28(27)23-29;/h3-23,25H,1-2H3;/q-2;+2. The van der Waals surface area contributed by atoms with Crippen molar-refractivity contribution in [3.63, 3.8) is 0 Å². The third kappa shape index (κ3) is 4.63. The molecule has 0 amide bonds. The van der Waals surface area contributed by atoms with Crippen LogP contribution in [-0.2, 0) is 35.2 Å². The number of rotatable bonds is 4. The van der Waals surface area contributed by atoms with Crippen molar-refractivity contribution in [2.24, 2.45) is 14.1 Å². The Labute approximate surface area is 302 Å². The summed E-state index contributed by atoms with van der Waals surface area (Å²) in [6.45, 7) is 0. The van der Waals surface area contributed by atoms with E-state index in [1.165, 1.54) is 16.3 Å². The average Bonchev–Trinajstić information content (AvgIpc) is 3.79. The van der Waals surface area contributed by atoms with Gasteiger partial charge >= 0.3 is 21.1 Å². The number of imidazole rings is 2. The SMILES string of the molecule is Cn1c(-c2[c-]c(-n3c4[c-]c(-c5nc6cc(-c7ccc8ccccc8c7)ccc6n5C)ccc4c4cccnc43)ccc2)nc2ccccc21.[Pt+2]. The van der Waals surface area contributed by atoms with E-state index in [0.717, 1.165) is 78.0 Å². The maximum atomic E-state index is 5.17. The van der Waals surface area contributed by atoms with Gasteiger partial charge in [-0.05, 0) is 74.9 Å². The van der Waals surface area contributed by atoms with E-state index < -0.39 is 0 Å². The van der Waals surface area contributed by atoms with Crippen LogP contribution in [0.25, 0.3) is 94.4 Å². The molecule has 4 aromatic heterocycles. The molecule has 0 atom stereocenters.